The van der Waals surface area contributed by atoms with Crippen molar-refractivity contribution in [3.8, 4) is 0 Å². The van der Waals surface area contributed by atoms with Gasteiger partial charge in [0.1, 0.15) is 0 Å². The SMILES string of the molecule is Cc1c(C(C)(C)C)cn(C)c(=O)c1C.Cc1c(C(C)(C)C)cn(C)c(=O)c1C.Cc1cc(C(C)(C)C)c(C)n(C)c1=O.Cc1cc(C(C)(C)C)c(C)n(C)c1=O.Cc1cc(C(C)(C)C)cn(C)c1=O.Cc1cc(C(C)(C)C)cn(C)c1=O. The van der Waals surface area contributed by atoms with Gasteiger partial charge in [0.05, 0.1) is 0 Å². The molecule has 82 heavy (non-hydrogen) atoms. The van der Waals surface area contributed by atoms with Crippen LogP contribution in [0.1, 0.15) is 214 Å². The average Bonchev–Trinajstić information content (AvgIpc) is 3.32. The Morgan fingerprint density at radius 2 is 0.476 bits per heavy atom. The van der Waals surface area contributed by atoms with Gasteiger partial charge in [-0.15, -0.1) is 0 Å². The molecular formula is C70H110N6O6. The Morgan fingerprint density at radius 1 is 0.256 bits per heavy atom. The van der Waals surface area contributed by atoms with Gasteiger partial charge in [-0.1, -0.05) is 125 Å². The third-order valence-corrected chi connectivity index (χ3v) is 15.3. The molecule has 0 aromatic carbocycles. The van der Waals surface area contributed by atoms with Crippen LogP contribution in [0.25, 0.3) is 0 Å². The highest BCUT2D eigenvalue weighted by Crippen LogP contribution is 2.29. The predicted molar refractivity (Wildman–Crippen MR) is 350 cm³/mol. The highest BCUT2D eigenvalue weighted by atomic mass is 16.1. The van der Waals surface area contributed by atoms with Gasteiger partial charge in [0.25, 0.3) is 33.4 Å². The summed E-state index contributed by atoms with van der Waals surface area (Å²) in [4.78, 5) is 69.3. The quantitative estimate of drug-likeness (QED) is 0.149. The van der Waals surface area contributed by atoms with E-state index >= 15 is 0 Å². The normalized spacial score (nSPS) is 11.8. The maximum atomic E-state index is 11.6. The lowest BCUT2D eigenvalue weighted by molar-refractivity contribution is 0.570. The molecule has 0 aliphatic rings. The monoisotopic (exact) mass is 1130 g/mol. The zero-order valence-corrected chi connectivity index (χ0v) is 57.8. The Hall–Kier alpha value is -6.30. The van der Waals surface area contributed by atoms with Crippen LogP contribution in [0.5, 0.6) is 0 Å². The summed E-state index contributed by atoms with van der Waals surface area (Å²) >= 11 is 0. The molecule has 0 saturated carbocycles. The minimum Gasteiger partial charge on any atom is -0.318 e. The van der Waals surface area contributed by atoms with Gasteiger partial charge in [-0.3, -0.25) is 28.8 Å². The van der Waals surface area contributed by atoms with Crippen molar-refractivity contribution in [2.45, 2.75) is 226 Å². The number of nitrogens with zero attached hydrogens (tertiary/aromatic N) is 6. The molecule has 0 unspecified atom stereocenters. The summed E-state index contributed by atoms with van der Waals surface area (Å²) < 4.78 is 10.1. The van der Waals surface area contributed by atoms with E-state index in [0.717, 1.165) is 55.9 Å². The van der Waals surface area contributed by atoms with E-state index in [1.54, 1.807) is 41.5 Å². The van der Waals surface area contributed by atoms with Crippen LogP contribution < -0.4 is 33.4 Å². The number of aromatic nitrogens is 6. The maximum Gasteiger partial charge on any atom is 0.253 e. The largest absolute Gasteiger partial charge is 0.318 e. The number of hydrogen-bond donors (Lipinski definition) is 0. The van der Waals surface area contributed by atoms with Crippen LogP contribution in [-0.2, 0) is 74.8 Å². The fourth-order valence-corrected chi connectivity index (χ4v) is 9.52. The lowest BCUT2D eigenvalue weighted by atomic mass is 9.84. The third kappa shape index (κ3) is 19.4. The van der Waals surface area contributed by atoms with Crippen LogP contribution in [0.15, 0.2) is 77.8 Å². The number of pyridine rings is 6. The van der Waals surface area contributed by atoms with E-state index in [0.29, 0.717) is 0 Å². The van der Waals surface area contributed by atoms with Gasteiger partial charge >= 0.3 is 0 Å². The molecule has 0 fully saturated rings. The first-order valence-electron chi connectivity index (χ1n) is 28.7. The summed E-state index contributed by atoms with van der Waals surface area (Å²) in [7, 11) is 10.9. The van der Waals surface area contributed by atoms with Crippen molar-refractivity contribution in [2.75, 3.05) is 0 Å². The van der Waals surface area contributed by atoms with Crippen LogP contribution in [0.2, 0.25) is 0 Å². The molecule has 12 heteroatoms. The van der Waals surface area contributed by atoms with Crippen molar-refractivity contribution in [3.05, 3.63) is 200 Å². The second kappa shape index (κ2) is 27.4. The third-order valence-electron chi connectivity index (χ3n) is 15.3. The summed E-state index contributed by atoms with van der Waals surface area (Å²) in [5, 5.41) is 0. The minimum atomic E-state index is 0.0907. The van der Waals surface area contributed by atoms with Crippen molar-refractivity contribution < 1.29 is 0 Å². The Bertz CT molecular complexity index is 3150. The molecular weight excluding hydrogens is 1020 g/mol. The van der Waals surface area contributed by atoms with E-state index in [1.165, 1.54) is 33.4 Å². The van der Waals surface area contributed by atoms with E-state index in [2.05, 4.69) is 125 Å². The summed E-state index contributed by atoms with van der Waals surface area (Å²) in [5.41, 5.74) is 18.0. The first kappa shape index (κ1) is 73.7. The Balaban J connectivity index is 0.000000492. The number of rotatable bonds is 0. The Labute approximate surface area is 494 Å². The summed E-state index contributed by atoms with van der Waals surface area (Å²) in [6, 6.07) is 7.97. The predicted octanol–water partition coefficient (Wildman–Crippen LogP) is 13.2. The van der Waals surface area contributed by atoms with Gasteiger partial charge in [-0.25, -0.2) is 0 Å². The van der Waals surface area contributed by atoms with Crippen molar-refractivity contribution in [1.82, 2.24) is 27.4 Å². The molecule has 12 nitrogen and oxygen atoms in total. The molecule has 0 bridgehead atoms. The van der Waals surface area contributed by atoms with Gasteiger partial charge in [0.15, 0.2) is 0 Å². The minimum absolute atomic E-state index is 0.0907. The van der Waals surface area contributed by atoms with Crippen molar-refractivity contribution in [2.24, 2.45) is 42.3 Å². The average molecular weight is 1130 g/mol. The fourth-order valence-electron chi connectivity index (χ4n) is 9.52. The van der Waals surface area contributed by atoms with Crippen LogP contribution in [0.4, 0.5) is 0 Å². The van der Waals surface area contributed by atoms with E-state index in [9.17, 15) is 28.8 Å². The maximum absolute atomic E-state index is 11.6. The zero-order chi connectivity index (χ0) is 64.8. The molecule has 456 valence electrons. The highest BCUT2D eigenvalue weighted by Gasteiger charge is 2.23. The van der Waals surface area contributed by atoms with Gasteiger partial charge in [-0.2, -0.15) is 0 Å². The van der Waals surface area contributed by atoms with Gasteiger partial charge in [0, 0.05) is 112 Å². The van der Waals surface area contributed by atoms with Crippen molar-refractivity contribution >= 4 is 0 Å². The van der Waals surface area contributed by atoms with Gasteiger partial charge < -0.3 is 27.4 Å². The van der Waals surface area contributed by atoms with Crippen LogP contribution in [-0.4, -0.2) is 27.4 Å². The molecule has 0 atom stereocenters. The van der Waals surface area contributed by atoms with Gasteiger partial charge in [0.2, 0.25) is 0 Å². The molecule has 0 radical (unpaired) electrons. The molecule has 0 aliphatic carbocycles. The summed E-state index contributed by atoms with van der Waals surface area (Å²) in [6.07, 6.45) is 7.72. The smallest absolute Gasteiger partial charge is 0.253 e. The molecule has 0 spiro atoms. The summed E-state index contributed by atoms with van der Waals surface area (Å²) in [5.74, 6) is 0. The number of hydrogen-bond acceptors (Lipinski definition) is 6. The molecule has 0 saturated heterocycles. The molecule has 6 rings (SSSR count). The summed E-state index contributed by atoms with van der Waals surface area (Å²) in [6.45, 7) is 58.2. The molecule has 0 aliphatic heterocycles. The van der Waals surface area contributed by atoms with Crippen LogP contribution in [0.3, 0.4) is 0 Å². The van der Waals surface area contributed by atoms with Crippen molar-refractivity contribution in [3.63, 3.8) is 0 Å². The molecule has 0 N–H and O–H groups in total. The second-order valence-electron chi connectivity index (χ2n) is 29.0. The number of aryl methyl sites for hydroxylation is 8. The first-order valence-corrected chi connectivity index (χ1v) is 28.7. The highest BCUT2D eigenvalue weighted by molar-refractivity contribution is 5.37. The van der Waals surface area contributed by atoms with Crippen LogP contribution in [0, 0.1) is 69.2 Å². The molecule has 6 heterocycles. The fraction of sp³-hybridized carbons (Fsp3) is 0.571. The van der Waals surface area contributed by atoms with Gasteiger partial charge in [-0.05, 0) is 171 Å². The van der Waals surface area contributed by atoms with Crippen molar-refractivity contribution in [1.29, 1.82) is 0 Å². The first-order chi connectivity index (χ1) is 36.6. The lowest BCUT2D eigenvalue weighted by Crippen LogP contribution is -2.26. The second-order valence-corrected chi connectivity index (χ2v) is 29.0. The Morgan fingerprint density at radius 3 is 0.683 bits per heavy atom. The van der Waals surface area contributed by atoms with E-state index in [-0.39, 0.29) is 65.8 Å². The molecule has 6 aromatic heterocycles. The molecule has 0 amide bonds. The van der Waals surface area contributed by atoms with E-state index in [4.69, 9.17) is 0 Å². The van der Waals surface area contributed by atoms with Crippen LogP contribution >= 0.6 is 0 Å². The standard InChI is InChI=1S/4C12H19NO.2C11H17NO/c2*1-8-9(2)11(14)13(6)7-10(8)12(3,4)5;2*1-8-7-10(12(3,4)5)9(2)13(6)11(8)14;2*1-8-6-9(11(2,3)4)7-12(5)10(8)13/h4*7H,1-6H3;2*6-7H,1-5H3. The topological polar surface area (TPSA) is 132 Å². The van der Waals surface area contributed by atoms with E-state index < -0.39 is 0 Å². The lowest BCUT2D eigenvalue weighted by Gasteiger charge is -2.23. The Kier molecular flexibility index (Phi) is 24.6. The molecule has 6 aromatic rings. The zero-order valence-electron chi connectivity index (χ0n) is 57.8. The van der Waals surface area contributed by atoms with E-state index in [1.807, 2.05) is 146 Å².